The number of nitrogens with two attached hydrogens (primary N) is 2. The van der Waals surface area contributed by atoms with Gasteiger partial charge in [-0.25, -0.2) is 0 Å². The van der Waals surface area contributed by atoms with Crippen LogP contribution in [0.15, 0.2) is 0 Å². The fraction of sp³-hybridized carbons (Fsp3) is 0.933. The number of primary amides is 1. The zero-order valence-corrected chi connectivity index (χ0v) is 12.2. The lowest BCUT2D eigenvalue weighted by molar-refractivity contribution is -0.125. The molecule has 1 amide bonds. The van der Waals surface area contributed by atoms with Gasteiger partial charge in [-0.05, 0) is 45.6 Å². The minimum absolute atomic E-state index is 0.327. The van der Waals surface area contributed by atoms with E-state index in [1.54, 1.807) is 0 Å². The normalized spacial score (nSPS) is 34.2. The first-order valence-electron chi connectivity index (χ1n) is 7.84. The molecular formula is C15H29N3O. The molecule has 2 unspecified atom stereocenters. The number of carbonyl (C=O) groups is 1. The summed E-state index contributed by atoms with van der Waals surface area (Å²) in [5.74, 6) is -0.327. The molecule has 0 saturated heterocycles. The van der Waals surface area contributed by atoms with Crippen molar-refractivity contribution in [1.82, 2.24) is 4.90 Å². The van der Waals surface area contributed by atoms with E-state index >= 15 is 0 Å². The summed E-state index contributed by atoms with van der Waals surface area (Å²) in [6.45, 7) is 0. The molecule has 4 nitrogen and oxygen atoms in total. The Labute approximate surface area is 116 Å². The van der Waals surface area contributed by atoms with Crippen LogP contribution in [0, 0.1) is 0 Å². The van der Waals surface area contributed by atoms with Crippen molar-refractivity contribution in [2.45, 2.75) is 81.8 Å². The molecule has 2 aliphatic rings. The van der Waals surface area contributed by atoms with Gasteiger partial charge < -0.3 is 16.4 Å². The summed E-state index contributed by atoms with van der Waals surface area (Å²) in [7, 11) is 2.22. The molecule has 0 bridgehead atoms. The Kier molecular flexibility index (Phi) is 4.85. The average Bonchev–Trinajstić information content (AvgIpc) is 2.66. The average molecular weight is 267 g/mol. The predicted molar refractivity (Wildman–Crippen MR) is 77.6 cm³/mol. The number of hydrogen-bond acceptors (Lipinski definition) is 3. The van der Waals surface area contributed by atoms with E-state index in [0.29, 0.717) is 12.1 Å². The van der Waals surface area contributed by atoms with Crippen molar-refractivity contribution in [1.29, 1.82) is 0 Å². The standard InChI is InChI=1S/C15H29N3O/c1-18(12-7-4-2-3-5-8-12)13-9-6-10-15(17,11-13)14(16)19/h12-13H,2-11,17H2,1H3,(H2,16,19). The molecule has 2 saturated carbocycles. The Morgan fingerprint density at radius 3 is 2.21 bits per heavy atom. The minimum atomic E-state index is -0.776. The summed E-state index contributed by atoms with van der Waals surface area (Å²) in [5, 5.41) is 0. The van der Waals surface area contributed by atoms with Crippen LogP contribution in [0.25, 0.3) is 0 Å². The van der Waals surface area contributed by atoms with Crippen molar-refractivity contribution in [3.63, 3.8) is 0 Å². The van der Waals surface area contributed by atoms with Gasteiger partial charge in [0.15, 0.2) is 0 Å². The second-order valence-electron chi connectivity index (χ2n) is 6.58. The van der Waals surface area contributed by atoms with Gasteiger partial charge in [-0.2, -0.15) is 0 Å². The monoisotopic (exact) mass is 267 g/mol. The lowest BCUT2D eigenvalue weighted by Gasteiger charge is -2.42. The molecule has 2 aliphatic carbocycles. The molecule has 0 heterocycles. The molecule has 0 spiro atoms. The number of carbonyl (C=O) groups excluding carboxylic acids is 1. The molecule has 2 atom stereocenters. The smallest absolute Gasteiger partial charge is 0.237 e. The third kappa shape index (κ3) is 3.48. The highest BCUT2D eigenvalue weighted by Gasteiger charge is 2.40. The maximum absolute atomic E-state index is 11.6. The van der Waals surface area contributed by atoms with Gasteiger partial charge in [0.1, 0.15) is 0 Å². The summed E-state index contributed by atoms with van der Waals surface area (Å²) in [6, 6.07) is 1.09. The number of amides is 1. The van der Waals surface area contributed by atoms with Gasteiger partial charge in [0, 0.05) is 12.1 Å². The van der Waals surface area contributed by atoms with Gasteiger partial charge in [0.05, 0.1) is 5.54 Å². The molecule has 19 heavy (non-hydrogen) atoms. The number of nitrogens with zero attached hydrogens (tertiary/aromatic N) is 1. The van der Waals surface area contributed by atoms with Crippen LogP contribution in [0.3, 0.4) is 0 Å². The van der Waals surface area contributed by atoms with E-state index < -0.39 is 5.54 Å². The van der Waals surface area contributed by atoms with Gasteiger partial charge in [-0.3, -0.25) is 4.79 Å². The quantitative estimate of drug-likeness (QED) is 0.765. The zero-order valence-electron chi connectivity index (χ0n) is 12.2. The van der Waals surface area contributed by atoms with E-state index in [-0.39, 0.29) is 5.91 Å². The Bertz CT molecular complexity index is 313. The fourth-order valence-corrected chi connectivity index (χ4v) is 3.81. The molecule has 2 rings (SSSR count). The highest BCUT2D eigenvalue weighted by Crippen LogP contribution is 2.32. The summed E-state index contributed by atoms with van der Waals surface area (Å²) >= 11 is 0. The van der Waals surface area contributed by atoms with Crippen LogP contribution < -0.4 is 11.5 Å². The first-order valence-corrected chi connectivity index (χ1v) is 7.84. The van der Waals surface area contributed by atoms with Gasteiger partial charge >= 0.3 is 0 Å². The molecule has 110 valence electrons. The Morgan fingerprint density at radius 1 is 1.05 bits per heavy atom. The molecule has 0 aromatic rings. The molecular weight excluding hydrogens is 238 g/mol. The van der Waals surface area contributed by atoms with Crippen molar-refractivity contribution >= 4 is 5.91 Å². The lowest BCUT2D eigenvalue weighted by Crippen LogP contribution is -2.58. The van der Waals surface area contributed by atoms with E-state index in [9.17, 15) is 4.79 Å². The van der Waals surface area contributed by atoms with Crippen LogP contribution in [0.4, 0.5) is 0 Å². The van der Waals surface area contributed by atoms with Crippen molar-refractivity contribution in [2.24, 2.45) is 11.5 Å². The van der Waals surface area contributed by atoms with Crippen LogP contribution in [0.5, 0.6) is 0 Å². The van der Waals surface area contributed by atoms with Crippen molar-refractivity contribution in [2.75, 3.05) is 7.05 Å². The largest absolute Gasteiger partial charge is 0.368 e. The first-order chi connectivity index (χ1) is 9.03. The molecule has 4 N–H and O–H groups in total. The van der Waals surface area contributed by atoms with E-state index in [1.165, 1.54) is 38.5 Å². The topological polar surface area (TPSA) is 72.3 Å². The first kappa shape index (κ1) is 14.8. The van der Waals surface area contributed by atoms with E-state index in [1.807, 2.05) is 0 Å². The Morgan fingerprint density at radius 2 is 1.63 bits per heavy atom. The minimum Gasteiger partial charge on any atom is -0.368 e. The maximum atomic E-state index is 11.6. The molecule has 0 aromatic heterocycles. The summed E-state index contributed by atoms with van der Waals surface area (Å²) in [6.07, 6.45) is 11.7. The second kappa shape index (κ2) is 6.23. The molecule has 0 aliphatic heterocycles. The van der Waals surface area contributed by atoms with Crippen LogP contribution >= 0.6 is 0 Å². The van der Waals surface area contributed by atoms with Crippen molar-refractivity contribution in [3.05, 3.63) is 0 Å². The second-order valence-corrected chi connectivity index (χ2v) is 6.58. The SMILES string of the molecule is CN(C1CCCCCC1)C1CCCC(N)(C(N)=O)C1. The highest BCUT2D eigenvalue weighted by molar-refractivity contribution is 5.84. The van der Waals surface area contributed by atoms with Crippen LogP contribution in [-0.2, 0) is 4.79 Å². The summed E-state index contributed by atoms with van der Waals surface area (Å²) < 4.78 is 0. The maximum Gasteiger partial charge on any atom is 0.237 e. The number of hydrogen-bond donors (Lipinski definition) is 2. The fourth-order valence-electron chi connectivity index (χ4n) is 3.81. The number of rotatable bonds is 3. The van der Waals surface area contributed by atoms with Crippen molar-refractivity contribution in [3.8, 4) is 0 Å². The Hall–Kier alpha value is -0.610. The van der Waals surface area contributed by atoms with Crippen LogP contribution in [0.2, 0.25) is 0 Å². The van der Waals surface area contributed by atoms with Crippen LogP contribution in [0.1, 0.15) is 64.2 Å². The van der Waals surface area contributed by atoms with Gasteiger partial charge in [-0.1, -0.05) is 25.7 Å². The predicted octanol–water partition coefficient (Wildman–Crippen LogP) is 1.77. The molecule has 0 radical (unpaired) electrons. The van der Waals surface area contributed by atoms with E-state index in [2.05, 4.69) is 11.9 Å². The van der Waals surface area contributed by atoms with Gasteiger partial charge in [0.25, 0.3) is 0 Å². The third-order valence-corrected chi connectivity index (χ3v) is 5.23. The highest BCUT2D eigenvalue weighted by atomic mass is 16.1. The van der Waals surface area contributed by atoms with E-state index in [0.717, 1.165) is 25.7 Å². The molecule has 0 aromatic carbocycles. The molecule has 2 fully saturated rings. The Balaban J connectivity index is 1.98. The lowest BCUT2D eigenvalue weighted by atomic mass is 9.78. The van der Waals surface area contributed by atoms with Crippen LogP contribution in [-0.4, -0.2) is 35.5 Å². The summed E-state index contributed by atoms with van der Waals surface area (Å²) in [5.41, 5.74) is 10.9. The van der Waals surface area contributed by atoms with Gasteiger partial charge in [0.2, 0.25) is 5.91 Å². The third-order valence-electron chi connectivity index (χ3n) is 5.23. The van der Waals surface area contributed by atoms with E-state index in [4.69, 9.17) is 11.5 Å². The van der Waals surface area contributed by atoms with Gasteiger partial charge in [-0.15, -0.1) is 0 Å². The summed E-state index contributed by atoms with van der Waals surface area (Å²) in [4.78, 5) is 14.0. The van der Waals surface area contributed by atoms with Crippen molar-refractivity contribution < 1.29 is 4.79 Å². The zero-order chi connectivity index (χ0) is 13.9. The molecule has 4 heteroatoms.